The zero-order chi connectivity index (χ0) is 15.5. The minimum Gasteiger partial charge on any atom is -0.314 e. The van der Waals surface area contributed by atoms with Gasteiger partial charge >= 0.3 is 0 Å². The quantitative estimate of drug-likeness (QED) is 0.753. The maximum absolute atomic E-state index is 12.5. The SMILES string of the molecule is CCC1(NS(=O)(=O)N2CCC(CNC(C)C)CC2)CCC1. The molecule has 0 bridgehead atoms. The third-order valence-corrected chi connectivity index (χ3v) is 6.80. The van der Waals surface area contributed by atoms with Crippen molar-refractivity contribution in [2.24, 2.45) is 5.92 Å². The van der Waals surface area contributed by atoms with E-state index in [0.29, 0.717) is 25.0 Å². The van der Waals surface area contributed by atoms with E-state index in [4.69, 9.17) is 0 Å². The highest BCUT2D eigenvalue weighted by Gasteiger charge is 2.41. The maximum Gasteiger partial charge on any atom is 0.279 e. The fourth-order valence-electron chi connectivity index (χ4n) is 3.23. The van der Waals surface area contributed by atoms with Gasteiger partial charge in [-0.05, 0) is 51.0 Å². The Morgan fingerprint density at radius 3 is 2.29 bits per heavy atom. The van der Waals surface area contributed by atoms with E-state index in [9.17, 15) is 8.42 Å². The summed E-state index contributed by atoms with van der Waals surface area (Å²) < 4.78 is 29.7. The zero-order valence-corrected chi connectivity index (χ0v) is 14.5. The monoisotopic (exact) mass is 317 g/mol. The van der Waals surface area contributed by atoms with Crippen LogP contribution in [0.2, 0.25) is 0 Å². The Kier molecular flexibility index (Phi) is 5.68. The molecule has 0 aromatic rings. The fourth-order valence-corrected chi connectivity index (χ4v) is 4.94. The van der Waals surface area contributed by atoms with Crippen molar-refractivity contribution in [1.82, 2.24) is 14.3 Å². The highest BCUT2D eigenvalue weighted by molar-refractivity contribution is 7.87. The standard InChI is InChI=1S/C15H31N3O2S/c1-4-15(8-5-9-15)17-21(19,20)18-10-6-14(7-11-18)12-16-13(2)3/h13-14,16-17H,4-12H2,1-3H3. The van der Waals surface area contributed by atoms with Gasteiger partial charge in [0.15, 0.2) is 0 Å². The summed E-state index contributed by atoms with van der Waals surface area (Å²) in [5.74, 6) is 0.600. The van der Waals surface area contributed by atoms with Crippen molar-refractivity contribution in [3.8, 4) is 0 Å². The van der Waals surface area contributed by atoms with Crippen LogP contribution in [0.3, 0.4) is 0 Å². The Bertz CT molecular complexity index is 419. The Labute approximate surface area is 130 Å². The lowest BCUT2D eigenvalue weighted by molar-refractivity contribution is 0.201. The van der Waals surface area contributed by atoms with E-state index in [1.807, 2.05) is 0 Å². The molecule has 1 aliphatic heterocycles. The van der Waals surface area contributed by atoms with Crippen LogP contribution < -0.4 is 10.0 Å². The number of rotatable bonds is 7. The molecule has 0 amide bonds. The first-order chi connectivity index (χ1) is 9.87. The molecule has 0 radical (unpaired) electrons. The summed E-state index contributed by atoms with van der Waals surface area (Å²) >= 11 is 0. The van der Waals surface area contributed by atoms with Gasteiger partial charge in [-0.3, -0.25) is 0 Å². The van der Waals surface area contributed by atoms with Crippen molar-refractivity contribution in [3.63, 3.8) is 0 Å². The highest BCUT2D eigenvalue weighted by atomic mass is 32.2. The number of nitrogens with one attached hydrogen (secondary N) is 2. The van der Waals surface area contributed by atoms with Gasteiger partial charge in [0.25, 0.3) is 10.2 Å². The van der Waals surface area contributed by atoms with Gasteiger partial charge in [-0.25, -0.2) is 0 Å². The summed E-state index contributed by atoms with van der Waals surface area (Å²) in [6, 6.07) is 0.497. The van der Waals surface area contributed by atoms with Gasteiger partial charge in [0, 0.05) is 24.7 Å². The lowest BCUT2D eigenvalue weighted by Gasteiger charge is -2.43. The van der Waals surface area contributed by atoms with Crippen LogP contribution in [0.15, 0.2) is 0 Å². The molecule has 0 atom stereocenters. The van der Waals surface area contributed by atoms with Crippen molar-refractivity contribution in [2.45, 2.75) is 70.9 Å². The second-order valence-electron chi connectivity index (χ2n) is 7.00. The van der Waals surface area contributed by atoms with Gasteiger partial charge in [0.2, 0.25) is 0 Å². The van der Waals surface area contributed by atoms with E-state index in [2.05, 4.69) is 30.8 Å². The number of hydrogen-bond acceptors (Lipinski definition) is 3. The van der Waals surface area contributed by atoms with E-state index < -0.39 is 10.2 Å². The van der Waals surface area contributed by atoms with E-state index in [0.717, 1.165) is 45.1 Å². The predicted molar refractivity (Wildman–Crippen MR) is 86.4 cm³/mol. The van der Waals surface area contributed by atoms with Gasteiger partial charge in [-0.1, -0.05) is 20.8 Å². The van der Waals surface area contributed by atoms with Crippen LogP contribution in [0.5, 0.6) is 0 Å². The molecule has 2 rings (SSSR count). The molecule has 2 fully saturated rings. The van der Waals surface area contributed by atoms with E-state index >= 15 is 0 Å². The van der Waals surface area contributed by atoms with Crippen LogP contribution in [0.1, 0.15) is 59.3 Å². The van der Waals surface area contributed by atoms with Crippen molar-refractivity contribution < 1.29 is 8.42 Å². The molecule has 1 saturated heterocycles. The average molecular weight is 317 g/mol. The molecule has 21 heavy (non-hydrogen) atoms. The van der Waals surface area contributed by atoms with Gasteiger partial charge in [-0.15, -0.1) is 0 Å². The smallest absolute Gasteiger partial charge is 0.279 e. The molecule has 124 valence electrons. The minimum atomic E-state index is -3.31. The Hall–Kier alpha value is -0.170. The van der Waals surface area contributed by atoms with Crippen molar-refractivity contribution in [3.05, 3.63) is 0 Å². The van der Waals surface area contributed by atoms with Gasteiger partial charge < -0.3 is 5.32 Å². The first-order valence-electron chi connectivity index (χ1n) is 8.39. The third kappa shape index (κ3) is 4.41. The summed E-state index contributed by atoms with van der Waals surface area (Å²) in [5, 5.41) is 3.45. The number of nitrogens with zero attached hydrogens (tertiary/aromatic N) is 1. The van der Waals surface area contributed by atoms with Crippen molar-refractivity contribution in [1.29, 1.82) is 0 Å². The second kappa shape index (κ2) is 6.94. The molecule has 1 heterocycles. The van der Waals surface area contributed by atoms with Crippen LogP contribution in [0, 0.1) is 5.92 Å². The van der Waals surface area contributed by atoms with Crippen LogP contribution >= 0.6 is 0 Å². The lowest BCUT2D eigenvalue weighted by Crippen LogP contribution is -2.57. The zero-order valence-electron chi connectivity index (χ0n) is 13.7. The topological polar surface area (TPSA) is 61.4 Å². The van der Waals surface area contributed by atoms with Crippen LogP contribution in [-0.2, 0) is 10.2 Å². The second-order valence-corrected chi connectivity index (χ2v) is 8.67. The molecule has 0 spiro atoms. The molecule has 0 aromatic heterocycles. The Morgan fingerprint density at radius 2 is 1.86 bits per heavy atom. The normalized spacial score (nSPS) is 24.2. The van der Waals surface area contributed by atoms with E-state index in [-0.39, 0.29) is 5.54 Å². The molecule has 5 nitrogen and oxygen atoms in total. The fraction of sp³-hybridized carbons (Fsp3) is 1.00. The maximum atomic E-state index is 12.5. The van der Waals surface area contributed by atoms with Gasteiger partial charge in [0.05, 0.1) is 0 Å². The molecule has 2 N–H and O–H groups in total. The van der Waals surface area contributed by atoms with Gasteiger partial charge in [0.1, 0.15) is 0 Å². The predicted octanol–water partition coefficient (Wildman–Crippen LogP) is 1.86. The molecule has 0 unspecified atom stereocenters. The first-order valence-corrected chi connectivity index (χ1v) is 9.83. The largest absolute Gasteiger partial charge is 0.314 e. The Balaban J connectivity index is 1.83. The number of hydrogen-bond donors (Lipinski definition) is 2. The molecule has 1 aliphatic carbocycles. The molecule has 2 aliphatic rings. The molecular weight excluding hydrogens is 286 g/mol. The summed E-state index contributed by atoms with van der Waals surface area (Å²) in [6.45, 7) is 8.67. The van der Waals surface area contributed by atoms with Crippen LogP contribution in [0.4, 0.5) is 0 Å². The molecule has 6 heteroatoms. The molecule has 1 saturated carbocycles. The van der Waals surface area contributed by atoms with Crippen LogP contribution in [0.25, 0.3) is 0 Å². The lowest BCUT2D eigenvalue weighted by atomic mass is 9.76. The average Bonchev–Trinajstić information content (AvgIpc) is 2.41. The summed E-state index contributed by atoms with van der Waals surface area (Å²) in [7, 11) is -3.31. The molecule has 0 aromatic carbocycles. The number of piperidine rings is 1. The van der Waals surface area contributed by atoms with Crippen molar-refractivity contribution in [2.75, 3.05) is 19.6 Å². The van der Waals surface area contributed by atoms with Gasteiger partial charge in [-0.2, -0.15) is 17.4 Å². The van der Waals surface area contributed by atoms with E-state index in [1.165, 1.54) is 0 Å². The summed E-state index contributed by atoms with van der Waals surface area (Å²) in [6.07, 6.45) is 5.91. The third-order valence-electron chi connectivity index (χ3n) is 5.06. The van der Waals surface area contributed by atoms with E-state index in [1.54, 1.807) is 4.31 Å². The van der Waals surface area contributed by atoms with Crippen LogP contribution in [-0.4, -0.2) is 43.9 Å². The Morgan fingerprint density at radius 1 is 1.24 bits per heavy atom. The minimum absolute atomic E-state index is 0.158. The summed E-state index contributed by atoms with van der Waals surface area (Å²) in [4.78, 5) is 0. The molecular formula is C15H31N3O2S. The van der Waals surface area contributed by atoms with Crippen molar-refractivity contribution >= 4 is 10.2 Å². The first kappa shape index (κ1) is 17.2. The highest BCUT2D eigenvalue weighted by Crippen LogP contribution is 2.35. The summed E-state index contributed by atoms with van der Waals surface area (Å²) in [5.41, 5.74) is -0.158.